The fourth-order valence-corrected chi connectivity index (χ4v) is 1.34. The molecule has 1 rings (SSSR count). The molecule has 0 N–H and O–H groups in total. The van der Waals surface area contributed by atoms with Crippen LogP contribution < -0.4 is 0 Å². The van der Waals surface area contributed by atoms with Crippen LogP contribution in [-0.4, -0.2) is 4.98 Å². The molecule has 0 saturated heterocycles. The molecule has 0 aliphatic heterocycles. The van der Waals surface area contributed by atoms with Gasteiger partial charge in [0.15, 0.2) is 0 Å². The van der Waals surface area contributed by atoms with Gasteiger partial charge in [0.05, 0.1) is 0 Å². The second-order valence-corrected chi connectivity index (χ2v) is 2.95. The Hall–Kier alpha value is -0.660. The first-order valence-electron chi connectivity index (χ1n) is 2.57. The lowest BCUT2D eigenvalue weighted by Gasteiger charge is -1.95. The smallest absolute Gasteiger partial charge is 0.207 e. The van der Waals surface area contributed by atoms with Crippen molar-refractivity contribution in [2.24, 2.45) is 0 Å². The van der Waals surface area contributed by atoms with E-state index in [1.165, 1.54) is 6.07 Å². The van der Waals surface area contributed by atoms with Crippen molar-refractivity contribution in [3.8, 4) is 6.07 Å². The molecule has 0 aliphatic carbocycles. The van der Waals surface area contributed by atoms with Crippen LogP contribution in [0.15, 0.2) is 10.5 Å². The molecular weight excluding hydrogens is 234 g/mol. The van der Waals surface area contributed by atoms with Gasteiger partial charge >= 0.3 is 0 Å². The summed E-state index contributed by atoms with van der Waals surface area (Å²) in [7, 11) is 0. The molecule has 0 saturated carbocycles. The summed E-state index contributed by atoms with van der Waals surface area (Å²) >= 11 is 8.36. The van der Waals surface area contributed by atoms with Gasteiger partial charge in [0, 0.05) is 4.47 Å². The standard InChI is InChI=1S/C6HBrClFN2/c7-4-1-5(8)11-6(9)3(4)2-10/h1H. The van der Waals surface area contributed by atoms with Crippen LogP contribution in [0.4, 0.5) is 4.39 Å². The summed E-state index contributed by atoms with van der Waals surface area (Å²) in [6, 6.07) is 3.01. The summed E-state index contributed by atoms with van der Waals surface area (Å²) in [4.78, 5) is 3.25. The number of rotatable bonds is 0. The van der Waals surface area contributed by atoms with E-state index in [1.54, 1.807) is 6.07 Å². The number of nitriles is 1. The summed E-state index contributed by atoms with van der Waals surface area (Å²) in [5, 5.41) is 8.41. The molecule has 1 heterocycles. The number of halogens is 3. The Morgan fingerprint density at radius 3 is 2.82 bits per heavy atom. The molecule has 0 fully saturated rings. The van der Waals surface area contributed by atoms with E-state index in [1.807, 2.05) is 0 Å². The van der Waals surface area contributed by atoms with Crippen molar-refractivity contribution in [1.82, 2.24) is 4.98 Å². The van der Waals surface area contributed by atoms with Gasteiger partial charge in [-0.1, -0.05) is 11.6 Å². The van der Waals surface area contributed by atoms with Gasteiger partial charge in [-0.15, -0.1) is 0 Å². The molecule has 0 spiro atoms. The first-order chi connectivity index (χ1) is 5.15. The summed E-state index contributed by atoms with van der Waals surface area (Å²) in [6.07, 6.45) is 0. The average Bonchev–Trinajstić information content (AvgIpc) is 1.85. The van der Waals surface area contributed by atoms with E-state index in [9.17, 15) is 4.39 Å². The van der Waals surface area contributed by atoms with Crippen molar-refractivity contribution < 1.29 is 4.39 Å². The first-order valence-corrected chi connectivity index (χ1v) is 3.74. The van der Waals surface area contributed by atoms with Gasteiger partial charge < -0.3 is 0 Å². The third kappa shape index (κ3) is 1.67. The maximum absolute atomic E-state index is 12.7. The van der Waals surface area contributed by atoms with Gasteiger partial charge in [0.2, 0.25) is 5.95 Å². The maximum Gasteiger partial charge on any atom is 0.233 e. The van der Waals surface area contributed by atoms with Gasteiger partial charge in [-0.25, -0.2) is 4.98 Å². The number of hydrogen-bond donors (Lipinski definition) is 0. The van der Waals surface area contributed by atoms with E-state index in [4.69, 9.17) is 16.9 Å². The fourth-order valence-electron chi connectivity index (χ4n) is 0.557. The van der Waals surface area contributed by atoms with Gasteiger partial charge in [-0.2, -0.15) is 9.65 Å². The minimum atomic E-state index is -0.855. The molecule has 2 nitrogen and oxygen atoms in total. The Morgan fingerprint density at radius 2 is 2.36 bits per heavy atom. The van der Waals surface area contributed by atoms with Crippen LogP contribution in [0.3, 0.4) is 0 Å². The monoisotopic (exact) mass is 234 g/mol. The average molecular weight is 235 g/mol. The highest BCUT2D eigenvalue weighted by molar-refractivity contribution is 9.10. The van der Waals surface area contributed by atoms with Gasteiger partial charge in [0.25, 0.3) is 0 Å². The number of aromatic nitrogens is 1. The third-order valence-electron chi connectivity index (χ3n) is 1.01. The lowest BCUT2D eigenvalue weighted by atomic mass is 10.3. The summed E-state index contributed by atoms with van der Waals surface area (Å²) < 4.78 is 13.0. The van der Waals surface area contributed by atoms with E-state index in [2.05, 4.69) is 20.9 Å². The molecule has 0 bridgehead atoms. The molecule has 0 aromatic carbocycles. The van der Waals surface area contributed by atoms with E-state index in [-0.39, 0.29) is 10.7 Å². The van der Waals surface area contributed by atoms with Gasteiger partial charge in [0.1, 0.15) is 16.8 Å². The summed E-state index contributed by atoms with van der Waals surface area (Å²) in [5.41, 5.74) is -0.130. The van der Waals surface area contributed by atoms with Crippen molar-refractivity contribution in [1.29, 1.82) is 5.26 Å². The van der Waals surface area contributed by atoms with Crippen LogP contribution >= 0.6 is 27.5 Å². The zero-order valence-corrected chi connectivity index (χ0v) is 7.45. The number of pyridine rings is 1. The topological polar surface area (TPSA) is 36.7 Å². The second-order valence-electron chi connectivity index (χ2n) is 1.70. The van der Waals surface area contributed by atoms with Gasteiger partial charge in [-0.05, 0) is 22.0 Å². The predicted octanol–water partition coefficient (Wildman–Crippen LogP) is 2.51. The Morgan fingerprint density at radius 1 is 1.73 bits per heavy atom. The highest BCUT2D eigenvalue weighted by Gasteiger charge is 2.08. The molecule has 0 radical (unpaired) electrons. The molecule has 0 amide bonds. The largest absolute Gasteiger partial charge is 0.233 e. The lowest BCUT2D eigenvalue weighted by Crippen LogP contribution is -1.90. The third-order valence-corrected chi connectivity index (χ3v) is 1.83. The van der Waals surface area contributed by atoms with Crippen LogP contribution in [0.5, 0.6) is 0 Å². The lowest BCUT2D eigenvalue weighted by molar-refractivity contribution is 0.579. The van der Waals surface area contributed by atoms with Crippen molar-refractivity contribution in [2.75, 3.05) is 0 Å². The quantitative estimate of drug-likeness (QED) is 0.648. The Balaban J connectivity index is 3.40. The Kier molecular flexibility index (Phi) is 2.42. The molecule has 5 heteroatoms. The summed E-state index contributed by atoms with van der Waals surface area (Å²) in [6.45, 7) is 0. The zero-order valence-electron chi connectivity index (χ0n) is 5.11. The van der Waals surface area contributed by atoms with Crippen LogP contribution in [0.25, 0.3) is 0 Å². The second kappa shape index (κ2) is 3.16. The van der Waals surface area contributed by atoms with E-state index in [0.717, 1.165) is 0 Å². The number of nitrogens with zero attached hydrogens (tertiary/aromatic N) is 2. The maximum atomic E-state index is 12.7. The molecule has 0 unspecified atom stereocenters. The Labute approximate surface area is 75.7 Å². The minimum Gasteiger partial charge on any atom is -0.207 e. The molecule has 11 heavy (non-hydrogen) atoms. The van der Waals surface area contributed by atoms with Crippen molar-refractivity contribution in [3.63, 3.8) is 0 Å². The first kappa shape index (κ1) is 8.44. The highest BCUT2D eigenvalue weighted by Crippen LogP contribution is 2.20. The molecule has 1 aromatic heterocycles. The summed E-state index contributed by atoms with van der Waals surface area (Å²) in [5.74, 6) is -0.855. The van der Waals surface area contributed by atoms with Crippen molar-refractivity contribution in [3.05, 3.63) is 27.2 Å². The van der Waals surface area contributed by atoms with Crippen LogP contribution in [0.2, 0.25) is 5.15 Å². The predicted molar refractivity (Wildman–Crippen MR) is 41.6 cm³/mol. The van der Waals surface area contributed by atoms with E-state index >= 15 is 0 Å². The molecule has 0 atom stereocenters. The molecular formula is C6HBrClFN2. The molecule has 56 valence electrons. The van der Waals surface area contributed by atoms with E-state index < -0.39 is 5.95 Å². The fraction of sp³-hybridized carbons (Fsp3) is 0. The van der Waals surface area contributed by atoms with Crippen molar-refractivity contribution >= 4 is 27.5 Å². The van der Waals surface area contributed by atoms with Crippen molar-refractivity contribution in [2.45, 2.75) is 0 Å². The molecule has 1 aromatic rings. The van der Waals surface area contributed by atoms with Crippen LogP contribution in [-0.2, 0) is 0 Å². The SMILES string of the molecule is N#Cc1c(Br)cc(Cl)nc1F. The normalized spacial score (nSPS) is 9.27. The zero-order chi connectivity index (χ0) is 8.43. The van der Waals surface area contributed by atoms with Crippen LogP contribution in [0.1, 0.15) is 5.56 Å². The minimum absolute atomic E-state index is 0.0216. The molecule has 0 aliphatic rings. The highest BCUT2D eigenvalue weighted by atomic mass is 79.9. The van der Waals surface area contributed by atoms with Gasteiger partial charge in [-0.3, -0.25) is 0 Å². The Bertz CT molecular complexity index is 311. The number of hydrogen-bond acceptors (Lipinski definition) is 2. The van der Waals surface area contributed by atoms with E-state index in [0.29, 0.717) is 4.47 Å². The van der Waals surface area contributed by atoms with Crippen LogP contribution in [0, 0.1) is 17.3 Å².